The third kappa shape index (κ3) is 3.10. The van der Waals surface area contributed by atoms with E-state index in [1.54, 1.807) is 0 Å². The van der Waals surface area contributed by atoms with Gasteiger partial charge >= 0.3 is 0 Å². The van der Waals surface area contributed by atoms with Gasteiger partial charge in [-0.25, -0.2) is 0 Å². The van der Waals surface area contributed by atoms with Crippen LogP contribution >= 0.6 is 12.4 Å². The van der Waals surface area contributed by atoms with Crippen LogP contribution in [0.4, 0.5) is 0 Å². The third-order valence-electron chi connectivity index (χ3n) is 3.01. The van der Waals surface area contributed by atoms with Gasteiger partial charge in [0.1, 0.15) is 0 Å². The van der Waals surface area contributed by atoms with Crippen LogP contribution in [0, 0.1) is 0 Å². The fraction of sp³-hybridized carbons (Fsp3) is 0.429. The minimum Gasteiger partial charge on any atom is -0.313 e. The molecule has 0 aliphatic carbocycles. The number of hydrogen-bond acceptors (Lipinski definition) is 1. The lowest BCUT2D eigenvalue weighted by atomic mass is 9.96. The number of halogens is 1. The van der Waals surface area contributed by atoms with E-state index in [2.05, 4.69) is 49.5 Å². The van der Waals surface area contributed by atoms with E-state index in [0.717, 1.165) is 19.5 Å². The lowest BCUT2D eigenvalue weighted by molar-refractivity contribution is 0.738. The molecule has 1 heterocycles. The van der Waals surface area contributed by atoms with Gasteiger partial charge in [0, 0.05) is 6.54 Å². The lowest BCUT2D eigenvalue weighted by Crippen LogP contribution is -2.19. The molecule has 2 rings (SSSR count). The highest BCUT2D eigenvalue weighted by Gasteiger charge is 2.05. The van der Waals surface area contributed by atoms with Crippen LogP contribution in [0.15, 0.2) is 30.3 Å². The van der Waals surface area contributed by atoms with Crippen LogP contribution in [0.25, 0.3) is 5.57 Å². The van der Waals surface area contributed by atoms with Crippen molar-refractivity contribution in [3.63, 3.8) is 0 Å². The molecule has 0 amide bonds. The quantitative estimate of drug-likeness (QED) is 0.829. The van der Waals surface area contributed by atoms with Crippen LogP contribution in [-0.4, -0.2) is 13.1 Å². The third-order valence-corrected chi connectivity index (χ3v) is 3.01. The molecule has 1 aliphatic rings. The minimum atomic E-state index is 0. The molecule has 0 saturated carbocycles. The number of hydrogen-bond donors (Lipinski definition) is 1. The van der Waals surface area contributed by atoms with E-state index < -0.39 is 0 Å². The Morgan fingerprint density at radius 3 is 2.31 bits per heavy atom. The Bertz CT molecular complexity index is 352. The van der Waals surface area contributed by atoms with E-state index in [9.17, 15) is 0 Å². The smallest absolute Gasteiger partial charge is 0.0140 e. The van der Waals surface area contributed by atoms with Crippen LogP contribution in [0.2, 0.25) is 0 Å². The second-order valence-corrected chi connectivity index (χ2v) is 4.46. The first-order valence-electron chi connectivity index (χ1n) is 5.77. The van der Waals surface area contributed by atoms with E-state index in [0.29, 0.717) is 5.92 Å². The van der Waals surface area contributed by atoms with Crippen molar-refractivity contribution in [2.75, 3.05) is 13.1 Å². The summed E-state index contributed by atoms with van der Waals surface area (Å²) in [6, 6.07) is 9.02. The SMILES string of the molecule is CC(C)c1ccc(C2=CCNCC2)cc1.Cl. The molecule has 0 radical (unpaired) electrons. The van der Waals surface area contributed by atoms with Gasteiger partial charge in [-0.05, 0) is 35.6 Å². The second-order valence-electron chi connectivity index (χ2n) is 4.46. The Morgan fingerprint density at radius 1 is 1.12 bits per heavy atom. The number of benzene rings is 1. The van der Waals surface area contributed by atoms with Crippen molar-refractivity contribution in [1.29, 1.82) is 0 Å². The zero-order valence-electron chi connectivity index (χ0n) is 9.99. The first-order valence-corrected chi connectivity index (χ1v) is 5.77. The second kappa shape index (κ2) is 6.07. The van der Waals surface area contributed by atoms with E-state index >= 15 is 0 Å². The molecular weight excluding hydrogens is 218 g/mol. The molecule has 0 fully saturated rings. The largest absolute Gasteiger partial charge is 0.313 e. The van der Waals surface area contributed by atoms with Gasteiger partial charge in [-0.1, -0.05) is 44.2 Å². The van der Waals surface area contributed by atoms with E-state index in [-0.39, 0.29) is 12.4 Å². The summed E-state index contributed by atoms with van der Waals surface area (Å²) in [7, 11) is 0. The van der Waals surface area contributed by atoms with Gasteiger partial charge in [0.25, 0.3) is 0 Å². The average molecular weight is 238 g/mol. The van der Waals surface area contributed by atoms with E-state index in [4.69, 9.17) is 0 Å². The van der Waals surface area contributed by atoms with Crippen molar-refractivity contribution in [2.45, 2.75) is 26.2 Å². The maximum atomic E-state index is 3.34. The minimum absolute atomic E-state index is 0. The van der Waals surface area contributed by atoms with Crippen molar-refractivity contribution >= 4 is 18.0 Å². The summed E-state index contributed by atoms with van der Waals surface area (Å²) in [5.41, 5.74) is 4.30. The van der Waals surface area contributed by atoms with Crippen molar-refractivity contribution in [1.82, 2.24) is 5.32 Å². The zero-order valence-corrected chi connectivity index (χ0v) is 10.8. The van der Waals surface area contributed by atoms with Crippen LogP contribution in [0.5, 0.6) is 0 Å². The molecule has 1 aliphatic heterocycles. The highest BCUT2D eigenvalue weighted by molar-refractivity contribution is 5.85. The van der Waals surface area contributed by atoms with E-state index in [1.165, 1.54) is 16.7 Å². The van der Waals surface area contributed by atoms with Gasteiger partial charge in [-0.2, -0.15) is 0 Å². The molecule has 1 nitrogen and oxygen atoms in total. The normalized spacial score (nSPS) is 15.6. The molecule has 88 valence electrons. The van der Waals surface area contributed by atoms with E-state index in [1.807, 2.05) is 0 Å². The van der Waals surface area contributed by atoms with Gasteiger partial charge in [-0.15, -0.1) is 12.4 Å². The van der Waals surface area contributed by atoms with Crippen molar-refractivity contribution in [2.24, 2.45) is 0 Å². The van der Waals surface area contributed by atoms with Crippen LogP contribution in [0.1, 0.15) is 37.3 Å². The molecule has 2 heteroatoms. The molecule has 0 bridgehead atoms. The first kappa shape index (κ1) is 13.3. The van der Waals surface area contributed by atoms with Gasteiger partial charge in [0.2, 0.25) is 0 Å². The summed E-state index contributed by atoms with van der Waals surface area (Å²) in [4.78, 5) is 0. The molecule has 16 heavy (non-hydrogen) atoms. The Morgan fingerprint density at radius 2 is 1.81 bits per heavy atom. The van der Waals surface area contributed by atoms with Crippen molar-refractivity contribution < 1.29 is 0 Å². The van der Waals surface area contributed by atoms with Gasteiger partial charge in [-0.3, -0.25) is 0 Å². The topological polar surface area (TPSA) is 12.0 Å². The summed E-state index contributed by atoms with van der Waals surface area (Å²) in [5.74, 6) is 0.626. The standard InChI is InChI=1S/C14H19N.ClH/c1-11(2)12-3-5-13(6-4-12)14-7-9-15-10-8-14;/h3-7,11,15H,8-10H2,1-2H3;1H. The summed E-state index contributed by atoms with van der Waals surface area (Å²) in [5, 5.41) is 3.34. The maximum absolute atomic E-state index is 3.34. The molecule has 0 saturated heterocycles. The first-order chi connectivity index (χ1) is 7.27. The lowest BCUT2D eigenvalue weighted by Gasteiger charge is -2.15. The van der Waals surface area contributed by atoms with Gasteiger partial charge in [0.05, 0.1) is 0 Å². The molecule has 0 spiro atoms. The fourth-order valence-electron chi connectivity index (χ4n) is 1.97. The molecule has 0 atom stereocenters. The molecule has 1 aromatic carbocycles. The predicted octanol–water partition coefficient (Wildman–Crippen LogP) is 3.61. The van der Waals surface area contributed by atoms with Crippen LogP contribution in [0.3, 0.4) is 0 Å². The Balaban J connectivity index is 0.00000128. The monoisotopic (exact) mass is 237 g/mol. The zero-order chi connectivity index (χ0) is 10.7. The highest BCUT2D eigenvalue weighted by atomic mass is 35.5. The molecule has 1 aromatic rings. The highest BCUT2D eigenvalue weighted by Crippen LogP contribution is 2.22. The molecule has 0 unspecified atom stereocenters. The maximum Gasteiger partial charge on any atom is 0.0140 e. The van der Waals surface area contributed by atoms with Crippen molar-refractivity contribution in [3.05, 3.63) is 41.5 Å². The fourth-order valence-corrected chi connectivity index (χ4v) is 1.97. The Labute approximate surface area is 104 Å². The Hall–Kier alpha value is -0.790. The molecule has 1 N–H and O–H groups in total. The summed E-state index contributed by atoms with van der Waals surface area (Å²) in [6.45, 7) is 6.59. The summed E-state index contributed by atoms with van der Waals surface area (Å²) in [6.07, 6.45) is 3.45. The van der Waals surface area contributed by atoms with Gasteiger partial charge < -0.3 is 5.32 Å². The predicted molar refractivity (Wildman–Crippen MR) is 73.2 cm³/mol. The van der Waals surface area contributed by atoms with Crippen LogP contribution < -0.4 is 5.32 Å². The van der Waals surface area contributed by atoms with Gasteiger partial charge in [0.15, 0.2) is 0 Å². The summed E-state index contributed by atoms with van der Waals surface area (Å²) >= 11 is 0. The Kier molecular flexibility index (Phi) is 5.04. The number of nitrogens with one attached hydrogen (secondary N) is 1. The van der Waals surface area contributed by atoms with Crippen molar-refractivity contribution in [3.8, 4) is 0 Å². The summed E-state index contributed by atoms with van der Waals surface area (Å²) < 4.78 is 0. The average Bonchev–Trinajstić information content (AvgIpc) is 2.30. The number of rotatable bonds is 2. The molecular formula is C14H20ClN. The van der Waals surface area contributed by atoms with Crippen LogP contribution in [-0.2, 0) is 0 Å². The molecule has 0 aromatic heterocycles.